The van der Waals surface area contributed by atoms with Crippen LogP contribution in [0.1, 0.15) is 41.4 Å². The SMILES string of the molecule is C.CCN(C)Cc1ccc(C#Cc2ccc(C(=O)N[C@@H](CN)C(=O)NO)cc2)cc1. The van der Waals surface area contributed by atoms with Gasteiger partial charge in [-0.2, -0.15) is 0 Å². The maximum Gasteiger partial charge on any atom is 0.267 e. The van der Waals surface area contributed by atoms with Crippen LogP contribution < -0.4 is 16.5 Å². The smallest absolute Gasteiger partial charge is 0.267 e. The molecule has 0 aliphatic rings. The van der Waals surface area contributed by atoms with E-state index in [9.17, 15) is 9.59 Å². The van der Waals surface area contributed by atoms with Crippen LogP contribution in [0.4, 0.5) is 0 Å². The van der Waals surface area contributed by atoms with Gasteiger partial charge >= 0.3 is 0 Å². The van der Waals surface area contributed by atoms with E-state index in [1.165, 1.54) is 11.0 Å². The number of nitrogens with zero attached hydrogens (tertiary/aromatic N) is 1. The van der Waals surface area contributed by atoms with Crippen LogP contribution in [0.15, 0.2) is 48.5 Å². The van der Waals surface area contributed by atoms with E-state index >= 15 is 0 Å². The molecule has 0 aliphatic heterocycles. The van der Waals surface area contributed by atoms with Crippen LogP contribution in [-0.4, -0.2) is 48.1 Å². The van der Waals surface area contributed by atoms with E-state index in [1.807, 2.05) is 12.1 Å². The molecule has 0 spiro atoms. The Labute approximate surface area is 178 Å². The van der Waals surface area contributed by atoms with Gasteiger partial charge in [0.15, 0.2) is 0 Å². The number of carbonyl (C=O) groups is 2. The molecule has 1 atom stereocenters. The van der Waals surface area contributed by atoms with Crippen LogP contribution in [0.5, 0.6) is 0 Å². The zero-order valence-electron chi connectivity index (χ0n) is 16.6. The molecule has 0 unspecified atom stereocenters. The van der Waals surface area contributed by atoms with Crippen LogP contribution in [0.2, 0.25) is 0 Å². The van der Waals surface area contributed by atoms with E-state index in [2.05, 4.69) is 48.2 Å². The van der Waals surface area contributed by atoms with Crippen molar-refractivity contribution >= 4 is 11.8 Å². The van der Waals surface area contributed by atoms with Crippen LogP contribution in [0.25, 0.3) is 0 Å². The molecule has 2 aromatic carbocycles. The van der Waals surface area contributed by atoms with Crippen LogP contribution in [0.3, 0.4) is 0 Å². The van der Waals surface area contributed by atoms with Gasteiger partial charge in [0.2, 0.25) is 0 Å². The fraction of sp³-hybridized carbons (Fsp3) is 0.304. The number of hydrogen-bond acceptors (Lipinski definition) is 5. The first-order valence-electron chi connectivity index (χ1n) is 9.31. The lowest BCUT2D eigenvalue weighted by Crippen LogP contribution is -2.50. The summed E-state index contributed by atoms with van der Waals surface area (Å²) in [6, 6.07) is 13.8. The summed E-state index contributed by atoms with van der Waals surface area (Å²) in [4.78, 5) is 25.8. The molecule has 0 radical (unpaired) electrons. The molecule has 30 heavy (non-hydrogen) atoms. The van der Waals surface area contributed by atoms with Crippen LogP contribution in [0, 0.1) is 11.8 Å². The van der Waals surface area contributed by atoms with E-state index in [4.69, 9.17) is 10.9 Å². The first-order chi connectivity index (χ1) is 14.0. The maximum absolute atomic E-state index is 12.2. The molecule has 0 aromatic heterocycles. The van der Waals surface area contributed by atoms with Gasteiger partial charge in [0.25, 0.3) is 11.8 Å². The summed E-state index contributed by atoms with van der Waals surface area (Å²) in [5.74, 6) is 4.95. The van der Waals surface area contributed by atoms with Gasteiger partial charge in [-0.25, -0.2) is 5.48 Å². The molecule has 160 valence electrons. The van der Waals surface area contributed by atoms with Gasteiger partial charge in [0.1, 0.15) is 6.04 Å². The molecular formula is C23H30N4O3. The minimum atomic E-state index is -1.01. The third-order valence-corrected chi connectivity index (χ3v) is 4.41. The van der Waals surface area contributed by atoms with Crippen molar-refractivity contribution in [3.63, 3.8) is 0 Å². The van der Waals surface area contributed by atoms with Crippen molar-refractivity contribution in [1.29, 1.82) is 0 Å². The fourth-order valence-corrected chi connectivity index (χ4v) is 2.52. The number of amides is 2. The van der Waals surface area contributed by atoms with Gasteiger partial charge in [-0.3, -0.25) is 14.8 Å². The first-order valence-corrected chi connectivity index (χ1v) is 9.31. The van der Waals surface area contributed by atoms with Gasteiger partial charge in [-0.1, -0.05) is 38.3 Å². The molecule has 0 saturated carbocycles. The monoisotopic (exact) mass is 410 g/mol. The lowest BCUT2D eigenvalue weighted by molar-refractivity contribution is -0.130. The quantitative estimate of drug-likeness (QED) is 0.316. The Morgan fingerprint density at radius 1 is 1.07 bits per heavy atom. The van der Waals surface area contributed by atoms with Crippen molar-refractivity contribution in [2.75, 3.05) is 20.1 Å². The van der Waals surface area contributed by atoms with Crippen molar-refractivity contribution in [3.8, 4) is 11.8 Å². The maximum atomic E-state index is 12.2. The molecule has 0 bridgehead atoms. The Kier molecular flexibility index (Phi) is 10.3. The Morgan fingerprint density at radius 3 is 2.07 bits per heavy atom. The summed E-state index contributed by atoms with van der Waals surface area (Å²) < 4.78 is 0. The number of nitrogens with two attached hydrogens (primary N) is 1. The van der Waals surface area contributed by atoms with E-state index in [0.717, 1.165) is 24.2 Å². The summed E-state index contributed by atoms with van der Waals surface area (Å²) in [5.41, 5.74) is 10.2. The summed E-state index contributed by atoms with van der Waals surface area (Å²) in [6.45, 7) is 3.89. The van der Waals surface area contributed by atoms with Crippen molar-refractivity contribution < 1.29 is 14.8 Å². The number of nitrogens with one attached hydrogen (secondary N) is 2. The summed E-state index contributed by atoms with van der Waals surface area (Å²) in [5, 5.41) is 11.1. The molecule has 0 fully saturated rings. The highest BCUT2D eigenvalue weighted by molar-refractivity contribution is 5.97. The normalized spacial score (nSPS) is 11.0. The van der Waals surface area contributed by atoms with Gasteiger partial charge < -0.3 is 16.0 Å². The summed E-state index contributed by atoms with van der Waals surface area (Å²) in [7, 11) is 2.08. The molecule has 5 N–H and O–H groups in total. The minimum Gasteiger partial charge on any atom is -0.339 e. The molecule has 2 aromatic rings. The second-order valence-electron chi connectivity index (χ2n) is 6.59. The number of benzene rings is 2. The van der Waals surface area contributed by atoms with E-state index in [0.29, 0.717) is 5.56 Å². The lowest BCUT2D eigenvalue weighted by Gasteiger charge is -2.14. The molecule has 2 amide bonds. The summed E-state index contributed by atoms with van der Waals surface area (Å²) >= 11 is 0. The average Bonchev–Trinajstić information content (AvgIpc) is 2.76. The molecule has 0 saturated heterocycles. The standard InChI is InChI=1S/C22H26N4O3.CH4/c1-3-26(2)15-18-8-6-16(7-9-18)4-5-17-10-12-19(13-11-17)21(27)24-20(14-23)22(28)25-29;/h6-13,20,29H,3,14-15,23H2,1-2H3,(H,24,27)(H,25,28);1H4/t20-;/m0./s1. The Balaban J connectivity index is 0.00000450. The Hall–Kier alpha value is -3.18. The number of hydrogen-bond donors (Lipinski definition) is 4. The molecule has 0 heterocycles. The first kappa shape index (κ1) is 24.9. The zero-order valence-corrected chi connectivity index (χ0v) is 16.6. The second-order valence-corrected chi connectivity index (χ2v) is 6.59. The molecule has 2 rings (SSSR count). The molecule has 0 aliphatic carbocycles. The molecular weight excluding hydrogens is 380 g/mol. The lowest BCUT2D eigenvalue weighted by atomic mass is 10.1. The predicted molar refractivity (Wildman–Crippen MR) is 118 cm³/mol. The number of carbonyl (C=O) groups excluding carboxylic acids is 2. The Bertz CT molecular complexity index is 883. The highest BCUT2D eigenvalue weighted by atomic mass is 16.5. The fourth-order valence-electron chi connectivity index (χ4n) is 2.52. The second kappa shape index (κ2) is 12.4. The van der Waals surface area contributed by atoms with Crippen molar-refractivity contribution in [2.24, 2.45) is 5.73 Å². The van der Waals surface area contributed by atoms with Crippen LogP contribution in [-0.2, 0) is 11.3 Å². The topological polar surface area (TPSA) is 108 Å². The van der Waals surface area contributed by atoms with Gasteiger partial charge in [0.05, 0.1) is 0 Å². The average molecular weight is 411 g/mol. The van der Waals surface area contributed by atoms with Gasteiger partial charge in [0, 0.05) is 29.8 Å². The van der Waals surface area contributed by atoms with E-state index in [-0.39, 0.29) is 14.0 Å². The van der Waals surface area contributed by atoms with Gasteiger partial charge in [-0.05, 0) is 55.6 Å². The zero-order chi connectivity index (χ0) is 21.2. The number of hydroxylamine groups is 1. The Morgan fingerprint density at radius 2 is 1.60 bits per heavy atom. The minimum absolute atomic E-state index is 0. The third-order valence-electron chi connectivity index (χ3n) is 4.41. The highest BCUT2D eigenvalue weighted by Crippen LogP contribution is 2.07. The van der Waals surface area contributed by atoms with Crippen molar-refractivity contribution in [3.05, 3.63) is 70.8 Å². The molecule has 7 heteroatoms. The predicted octanol–water partition coefficient (Wildman–Crippen LogP) is 1.74. The van der Waals surface area contributed by atoms with Crippen molar-refractivity contribution in [2.45, 2.75) is 26.9 Å². The van der Waals surface area contributed by atoms with Gasteiger partial charge in [-0.15, -0.1) is 0 Å². The van der Waals surface area contributed by atoms with Crippen molar-refractivity contribution in [1.82, 2.24) is 15.7 Å². The highest BCUT2D eigenvalue weighted by Gasteiger charge is 2.19. The summed E-state index contributed by atoms with van der Waals surface area (Å²) in [6.07, 6.45) is 0. The number of rotatable bonds is 7. The van der Waals surface area contributed by atoms with Crippen LogP contribution >= 0.6 is 0 Å². The largest absolute Gasteiger partial charge is 0.339 e. The van der Waals surface area contributed by atoms with E-state index in [1.54, 1.807) is 24.3 Å². The third kappa shape index (κ3) is 7.33. The van der Waals surface area contributed by atoms with E-state index < -0.39 is 17.9 Å². The molecule has 7 nitrogen and oxygen atoms in total.